The van der Waals surface area contributed by atoms with Gasteiger partial charge >= 0.3 is 0 Å². The Morgan fingerprint density at radius 2 is 2.25 bits per heavy atom. The summed E-state index contributed by atoms with van der Waals surface area (Å²) in [5.41, 5.74) is 2.23. The number of aryl methyl sites for hydroxylation is 2. The molecule has 4 heterocycles. The van der Waals surface area contributed by atoms with E-state index in [-0.39, 0.29) is 24.4 Å². The second-order valence-corrected chi connectivity index (χ2v) is 7.29. The molecule has 1 N–H and O–H groups in total. The quantitative estimate of drug-likeness (QED) is 0.805. The predicted molar refractivity (Wildman–Crippen MR) is 107 cm³/mol. The maximum Gasteiger partial charge on any atom is 0.223 e. The maximum absolute atomic E-state index is 12.8. The van der Waals surface area contributed by atoms with E-state index in [4.69, 9.17) is 4.74 Å². The topological polar surface area (TPSA) is 77.2 Å². The van der Waals surface area contributed by atoms with Crippen molar-refractivity contribution in [3.63, 3.8) is 0 Å². The molecule has 154 valence electrons. The van der Waals surface area contributed by atoms with Gasteiger partial charge in [0.25, 0.3) is 0 Å². The zero-order valence-electron chi connectivity index (χ0n) is 16.1. The average molecular weight is 409 g/mol. The number of hydrogen-bond acceptors (Lipinski definition) is 5. The minimum absolute atomic E-state index is 0. The van der Waals surface area contributed by atoms with Gasteiger partial charge in [-0.15, -0.1) is 12.4 Å². The normalized spacial score (nSPS) is 20.0. The molecule has 2 aromatic rings. The van der Waals surface area contributed by atoms with Crippen LogP contribution in [-0.4, -0.2) is 62.7 Å². The fraction of sp³-hybridized carbons (Fsp3) is 0.632. The fourth-order valence-electron chi connectivity index (χ4n) is 3.79. The van der Waals surface area contributed by atoms with Crippen LogP contribution in [0.25, 0.3) is 0 Å². The van der Waals surface area contributed by atoms with Crippen LogP contribution >= 0.6 is 12.4 Å². The summed E-state index contributed by atoms with van der Waals surface area (Å²) in [7, 11) is 0. The van der Waals surface area contributed by atoms with Crippen molar-refractivity contribution in [3.8, 4) is 0 Å². The highest BCUT2D eigenvalue weighted by Crippen LogP contribution is 2.13. The molecular weight excluding hydrogens is 380 g/mol. The number of nitrogens with zero attached hydrogens (tertiary/aromatic N) is 5. The molecule has 1 amide bonds. The summed E-state index contributed by atoms with van der Waals surface area (Å²) in [6, 6.07) is 4.04. The van der Waals surface area contributed by atoms with E-state index >= 15 is 0 Å². The number of carbonyl (C=O) groups is 1. The van der Waals surface area contributed by atoms with Crippen molar-refractivity contribution in [2.75, 3.05) is 26.2 Å². The highest BCUT2D eigenvalue weighted by molar-refractivity contribution is 5.85. The van der Waals surface area contributed by atoms with E-state index in [1.165, 1.54) is 5.69 Å². The smallest absolute Gasteiger partial charge is 0.223 e. The third kappa shape index (κ3) is 5.33. The fourth-order valence-corrected chi connectivity index (χ4v) is 3.79. The van der Waals surface area contributed by atoms with Crippen LogP contribution in [0.4, 0.5) is 0 Å². The predicted octanol–water partition coefficient (Wildman–Crippen LogP) is 1.24. The van der Waals surface area contributed by atoms with Crippen molar-refractivity contribution in [1.82, 2.24) is 29.8 Å². The highest BCUT2D eigenvalue weighted by atomic mass is 35.5. The van der Waals surface area contributed by atoms with E-state index in [0.29, 0.717) is 32.5 Å². The number of hydrogen-bond donors (Lipinski definition) is 1. The van der Waals surface area contributed by atoms with Gasteiger partial charge in [0, 0.05) is 58.0 Å². The molecule has 2 aromatic heterocycles. The van der Waals surface area contributed by atoms with Crippen molar-refractivity contribution in [1.29, 1.82) is 0 Å². The number of halogens is 1. The van der Waals surface area contributed by atoms with Gasteiger partial charge in [-0.25, -0.2) is 0 Å². The van der Waals surface area contributed by atoms with Crippen LogP contribution in [0, 0.1) is 0 Å². The Kier molecular flexibility index (Phi) is 7.47. The Labute approximate surface area is 171 Å². The van der Waals surface area contributed by atoms with Crippen molar-refractivity contribution in [2.45, 2.75) is 51.4 Å². The van der Waals surface area contributed by atoms with Crippen molar-refractivity contribution in [2.24, 2.45) is 0 Å². The standard InChI is InChI=1S/C19H28N6O2.ClH/c26-19(5-4-16-12-17-13-20-6-1-10-25(17)22-16)23-8-3-11-27-18(14-23)15-24-9-2-7-21-24;/h2,7,9,12,18,20H,1,3-6,8,10-11,13-15H2;1H. The molecule has 2 aliphatic heterocycles. The van der Waals surface area contributed by atoms with Gasteiger partial charge in [0.2, 0.25) is 5.91 Å². The Morgan fingerprint density at radius 3 is 3.11 bits per heavy atom. The summed E-state index contributed by atoms with van der Waals surface area (Å²) >= 11 is 0. The molecule has 1 fully saturated rings. The molecule has 0 aliphatic carbocycles. The zero-order chi connectivity index (χ0) is 18.5. The molecule has 0 saturated carbocycles. The summed E-state index contributed by atoms with van der Waals surface area (Å²) in [6.07, 6.45) is 6.86. The number of rotatable bonds is 5. The van der Waals surface area contributed by atoms with E-state index in [0.717, 1.165) is 44.7 Å². The molecule has 28 heavy (non-hydrogen) atoms. The Bertz CT molecular complexity index is 724. The van der Waals surface area contributed by atoms with Gasteiger partial charge in [-0.05, 0) is 31.5 Å². The van der Waals surface area contributed by atoms with Crippen LogP contribution < -0.4 is 5.32 Å². The molecule has 1 atom stereocenters. The first-order valence-electron chi connectivity index (χ1n) is 9.91. The van der Waals surface area contributed by atoms with Gasteiger partial charge in [0.15, 0.2) is 0 Å². The third-order valence-electron chi connectivity index (χ3n) is 5.19. The second kappa shape index (κ2) is 10.0. The molecule has 2 aliphatic rings. The van der Waals surface area contributed by atoms with Crippen LogP contribution in [0.5, 0.6) is 0 Å². The van der Waals surface area contributed by atoms with Gasteiger partial charge < -0.3 is 15.0 Å². The van der Waals surface area contributed by atoms with Gasteiger partial charge in [-0.2, -0.15) is 10.2 Å². The monoisotopic (exact) mass is 408 g/mol. The van der Waals surface area contributed by atoms with E-state index < -0.39 is 0 Å². The molecular formula is C19H29ClN6O2. The first-order chi connectivity index (χ1) is 13.3. The summed E-state index contributed by atoms with van der Waals surface area (Å²) < 4.78 is 9.86. The number of aromatic nitrogens is 4. The summed E-state index contributed by atoms with van der Waals surface area (Å²) in [5.74, 6) is 0.187. The lowest BCUT2D eigenvalue weighted by Crippen LogP contribution is -2.38. The van der Waals surface area contributed by atoms with E-state index in [9.17, 15) is 4.79 Å². The van der Waals surface area contributed by atoms with Crippen molar-refractivity contribution < 1.29 is 9.53 Å². The number of amides is 1. The second-order valence-electron chi connectivity index (χ2n) is 7.29. The van der Waals surface area contributed by atoms with Crippen molar-refractivity contribution >= 4 is 18.3 Å². The molecule has 9 heteroatoms. The molecule has 4 rings (SSSR count). The minimum Gasteiger partial charge on any atom is -0.374 e. The molecule has 8 nitrogen and oxygen atoms in total. The SMILES string of the molecule is Cl.O=C(CCc1cc2n(n1)CCCNC2)N1CCCOC(Cn2cccn2)C1. The van der Waals surface area contributed by atoms with Crippen LogP contribution in [0.2, 0.25) is 0 Å². The Hall–Kier alpha value is -1.90. The van der Waals surface area contributed by atoms with Gasteiger partial charge in [0.1, 0.15) is 0 Å². The van der Waals surface area contributed by atoms with Crippen molar-refractivity contribution in [3.05, 3.63) is 35.9 Å². The van der Waals surface area contributed by atoms with Gasteiger partial charge in [-0.1, -0.05) is 0 Å². The minimum atomic E-state index is -0.00825. The highest BCUT2D eigenvalue weighted by Gasteiger charge is 2.23. The average Bonchev–Trinajstić information content (AvgIpc) is 3.18. The third-order valence-corrected chi connectivity index (χ3v) is 5.19. The first-order valence-corrected chi connectivity index (χ1v) is 9.91. The van der Waals surface area contributed by atoms with Crippen LogP contribution in [-0.2, 0) is 35.6 Å². The van der Waals surface area contributed by atoms with Crippen LogP contribution in [0.15, 0.2) is 24.5 Å². The first kappa shape index (κ1) is 20.8. The van der Waals surface area contributed by atoms with Crippen LogP contribution in [0.1, 0.15) is 30.7 Å². The molecule has 0 radical (unpaired) electrons. The maximum atomic E-state index is 12.8. The number of carbonyl (C=O) groups excluding carboxylic acids is 1. The van der Waals surface area contributed by atoms with Gasteiger partial charge in [-0.3, -0.25) is 14.2 Å². The molecule has 0 aromatic carbocycles. The van der Waals surface area contributed by atoms with E-state index in [1.807, 2.05) is 21.8 Å². The lowest BCUT2D eigenvalue weighted by atomic mass is 10.2. The molecule has 0 spiro atoms. The lowest BCUT2D eigenvalue weighted by Gasteiger charge is -2.24. The number of fused-ring (bicyclic) bond motifs is 1. The summed E-state index contributed by atoms with van der Waals surface area (Å²) in [5, 5.41) is 12.3. The van der Waals surface area contributed by atoms with E-state index in [2.05, 4.69) is 26.3 Å². The lowest BCUT2D eigenvalue weighted by molar-refractivity contribution is -0.132. The summed E-state index contributed by atoms with van der Waals surface area (Å²) in [4.78, 5) is 14.7. The molecule has 1 unspecified atom stereocenters. The number of ether oxygens (including phenoxy) is 1. The van der Waals surface area contributed by atoms with E-state index in [1.54, 1.807) is 6.20 Å². The largest absolute Gasteiger partial charge is 0.374 e. The number of nitrogens with one attached hydrogen (secondary N) is 1. The summed E-state index contributed by atoms with van der Waals surface area (Å²) in [6.45, 7) is 5.61. The zero-order valence-corrected chi connectivity index (χ0v) is 16.9. The Balaban J connectivity index is 0.00000225. The van der Waals surface area contributed by atoms with Gasteiger partial charge in [0.05, 0.1) is 24.0 Å². The Morgan fingerprint density at radius 1 is 1.32 bits per heavy atom. The molecule has 0 bridgehead atoms. The van der Waals surface area contributed by atoms with Crippen LogP contribution in [0.3, 0.4) is 0 Å². The molecule has 1 saturated heterocycles.